The number of hydrogen-bond donors (Lipinski definition) is 1. The van der Waals surface area contributed by atoms with Crippen LogP contribution in [0.25, 0.3) is 0 Å². The Bertz CT molecular complexity index is 1010. The lowest BCUT2D eigenvalue weighted by Gasteiger charge is -2.24. The van der Waals surface area contributed by atoms with Crippen LogP contribution in [0, 0.1) is 0 Å². The molecule has 7 nitrogen and oxygen atoms in total. The third-order valence-electron chi connectivity index (χ3n) is 5.51. The summed E-state index contributed by atoms with van der Waals surface area (Å²) in [5.74, 6) is 1.02. The second-order valence-corrected chi connectivity index (χ2v) is 7.48. The van der Waals surface area contributed by atoms with E-state index in [0.717, 1.165) is 28.3 Å². The highest BCUT2D eigenvalue weighted by molar-refractivity contribution is 6.08. The first-order chi connectivity index (χ1) is 14.5. The van der Waals surface area contributed by atoms with Gasteiger partial charge in [0.2, 0.25) is 0 Å². The maximum Gasteiger partial charge on any atom is 0.346 e. The van der Waals surface area contributed by atoms with Gasteiger partial charge in [0.05, 0.1) is 12.8 Å². The van der Waals surface area contributed by atoms with Crippen molar-refractivity contribution in [3.8, 4) is 11.5 Å². The highest BCUT2D eigenvalue weighted by Crippen LogP contribution is 2.35. The molecular formula is C23H25N3O4. The van der Waals surface area contributed by atoms with Crippen LogP contribution in [-0.4, -0.2) is 35.9 Å². The van der Waals surface area contributed by atoms with Crippen molar-refractivity contribution in [3.63, 3.8) is 0 Å². The zero-order valence-corrected chi connectivity index (χ0v) is 17.3. The Balaban J connectivity index is 1.65. The molecule has 1 N–H and O–H groups in total. The Labute approximate surface area is 175 Å². The summed E-state index contributed by atoms with van der Waals surface area (Å²) in [6.07, 6.45) is 2.81. The molecule has 2 atom stereocenters. The summed E-state index contributed by atoms with van der Waals surface area (Å²) >= 11 is 0. The van der Waals surface area contributed by atoms with Crippen molar-refractivity contribution in [2.75, 3.05) is 6.61 Å². The lowest BCUT2D eigenvalue weighted by atomic mass is 9.87. The topological polar surface area (TPSA) is 80.2 Å². The van der Waals surface area contributed by atoms with Gasteiger partial charge in [-0.15, -0.1) is 5.01 Å². The molecule has 3 amide bonds. The zero-order chi connectivity index (χ0) is 21.3. The van der Waals surface area contributed by atoms with E-state index >= 15 is 0 Å². The standard InChI is InChI=1S/C23H25N3O4/c1-4-23(18-9-7-6-8-10-18)21(27)26(22(28)25-23)24-14-17-13-20-16(11-15(3)30-20)12-19(17)29-5-2/h6-10,12-15H,4-5,11H2,1-3H3,(H,25,28)/b24-14-/t15-,23+/m0/s1. The van der Waals surface area contributed by atoms with Gasteiger partial charge < -0.3 is 14.8 Å². The van der Waals surface area contributed by atoms with E-state index in [0.29, 0.717) is 24.3 Å². The first-order valence-corrected chi connectivity index (χ1v) is 10.2. The second kappa shape index (κ2) is 7.82. The fourth-order valence-corrected chi connectivity index (χ4v) is 3.99. The van der Waals surface area contributed by atoms with Gasteiger partial charge in [0.25, 0.3) is 5.91 Å². The molecule has 30 heavy (non-hydrogen) atoms. The molecule has 1 saturated heterocycles. The molecule has 0 radical (unpaired) electrons. The summed E-state index contributed by atoms with van der Waals surface area (Å²) in [6, 6.07) is 12.5. The molecule has 4 rings (SSSR count). The summed E-state index contributed by atoms with van der Waals surface area (Å²) in [5, 5.41) is 7.94. The van der Waals surface area contributed by atoms with E-state index in [2.05, 4.69) is 10.4 Å². The smallest absolute Gasteiger partial charge is 0.346 e. The summed E-state index contributed by atoms with van der Waals surface area (Å²) in [7, 11) is 0. The molecule has 0 spiro atoms. The number of benzene rings is 2. The fourth-order valence-electron chi connectivity index (χ4n) is 3.99. The summed E-state index contributed by atoms with van der Waals surface area (Å²) < 4.78 is 11.6. The molecule has 0 aliphatic carbocycles. The van der Waals surface area contributed by atoms with Crippen LogP contribution in [0.4, 0.5) is 4.79 Å². The molecule has 2 aliphatic heterocycles. The average molecular weight is 407 g/mol. The van der Waals surface area contributed by atoms with Crippen LogP contribution in [0.5, 0.6) is 11.5 Å². The quantitative estimate of drug-likeness (QED) is 0.586. The van der Waals surface area contributed by atoms with Crippen LogP contribution in [0.3, 0.4) is 0 Å². The minimum atomic E-state index is -1.12. The number of imide groups is 1. The summed E-state index contributed by atoms with van der Waals surface area (Å²) in [5.41, 5.74) is 1.35. The van der Waals surface area contributed by atoms with Gasteiger partial charge in [-0.1, -0.05) is 37.3 Å². The third kappa shape index (κ3) is 3.30. The maximum absolute atomic E-state index is 13.2. The number of carbonyl (C=O) groups excluding carboxylic acids is 2. The van der Waals surface area contributed by atoms with Crippen molar-refractivity contribution in [3.05, 3.63) is 59.2 Å². The molecule has 0 bridgehead atoms. The lowest BCUT2D eigenvalue weighted by molar-refractivity contribution is -0.131. The number of amides is 3. The number of nitrogens with one attached hydrogen (secondary N) is 1. The Kier molecular flexibility index (Phi) is 5.20. The van der Waals surface area contributed by atoms with Gasteiger partial charge in [-0.3, -0.25) is 4.79 Å². The number of hydrazone groups is 1. The number of nitrogens with zero attached hydrogens (tertiary/aromatic N) is 2. The van der Waals surface area contributed by atoms with Crippen LogP contribution in [-0.2, 0) is 16.8 Å². The molecule has 0 aromatic heterocycles. The van der Waals surface area contributed by atoms with E-state index in [-0.39, 0.29) is 6.10 Å². The minimum Gasteiger partial charge on any atom is -0.493 e. The number of urea groups is 1. The van der Waals surface area contributed by atoms with E-state index in [4.69, 9.17) is 9.47 Å². The zero-order valence-electron chi connectivity index (χ0n) is 17.3. The van der Waals surface area contributed by atoms with Gasteiger partial charge in [0, 0.05) is 17.5 Å². The van der Waals surface area contributed by atoms with E-state index in [1.54, 1.807) is 0 Å². The first kappa shape index (κ1) is 19.9. The van der Waals surface area contributed by atoms with Gasteiger partial charge in [0.1, 0.15) is 23.1 Å². The van der Waals surface area contributed by atoms with Crippen LogP contribution in [0.1, 0.15) is 43.9 Å². The molecule has 2 aliphatic rings. The van der Waals surface area contributed by atoms with Crippen LogP contribution < -0.4 is 14.8 Å². The monoisotopic (exact) mass is 407 g/mol. The number of ether oxygens (including phenoxy) is 2. The van der Waals surface area contributed by atoms with Crippen molar-refractivity contribution < 1.29 is 19.1 Å². The van der Waals surface area contributed by atoms with Crippen LogP contribution >= 0.6 is 0 Å². The van der Waals surface area contributed by atoms with Crippen molar-refractivity contribution >= 4 is 18.2 Å². The second-order valence-electron chi connectivity index (χ2n) is 7.48. The molecular weight excluding hydrogens is 382 g/mol. The highest BCUT2D eigenvalue weighted by Gasteiger charge is 2.51. The van der Waals surface area contributed by atoms with Gasteiger partial charge in [-0.05, 0) is 38.0 Å². The highest BCUT2D eigenvalue weighted by atomic mass is 16.5. The van der Waals surface area contributed by atoms with Crippen LogP contribution in [0.15, 0.2) is 47.6 Å². The Morgan fingerprint density at radius 3 is 2.73 bits per heavy atom. The van der Waals surface area contributed by atoms with Crippen molar-refractivity contribution in [2.45, 2.75) is 45.3 Å². The van der Waals surface area contributed by atoms with Gasteiger partial charge in [0.15, 0.2) is 0 Å². The van der Waals surface area contributed by atoms with Gasteiger partial charge in [-0.2, -0.15) is 5.10 Å². The third-order valence-corrected chi connectivity index (χ3v) is 5.51. The Morgan fingerprint density at radius 2 is 2.03 bits per heavy atom. The number of rotatable bonds is 6. The average Bonchev–Trinajstić information content (AvgIpc) is 3.23. The fraction of sp³-hybridized carbons (Fsp3) is 0.348. The first-order valence-electron chi connectivity index (χ1n) is 10.2. The largest absolute Gasteiger partial charge is 0.493 e. The van der Waals surface area contributed by atoms with Crippen LogP contribution in [0.2, 0.25) is 0 Å². The lowest BCUT2D eigenvalue weighted by Crippen LogP contribution is -2.43. The van der Waals surface area contributed by atoms with Gasteiger partial charge >= 0.3 is 6.03 Å². The van der Waals surface area contributed by atoms with Gasteiger partial charge in [-0.25, -0.2) is 4.79 Å². The molecule has 2 heterocycles. The van der Waals surface area contributed by atoms with E-state index in [9.17, 15) is 9.59 Å². The van der Waals surface area contributed by atoms with E-state index in [1.165, 1.54) is 6.21 Å². The van der Waals surface area contributed by atoms with Crippen molar-refractivity contribution in [1.82, 2.24) is 10.3 Å². The maximum atomic E-state index is 13.2. The predicted octanol–water partition coefficient (Wildman–Crippen LogP) is 3.60. The molecule has 0 unspecified atom stereocenters. The minimum absolute atomic E-state index is 0.101. The summed E-state index contributed by atoms with van der Waals surface area (Å²) in [6.45, 7) is 6.27. The number of hydrogen-bond acceptors (Lipinski definition) is 5. The Hall–Kier alpha value is -3.35. The normalized spacial score (nSPS) is 22.9. The predicted molar refractivity (Wildman–Crippen MR) is 113 cm³/mol. The molecule has 2 aromatic rings. The van der Waals surface area contributed by atoms with Crippen molar-refractivity contribution in [1.29, 1.82) is 0 Å². The molecule has 1 fully saturated rings. The van der Waals surface area contributed by atoms with E-state index < -0.39 is 17.5 Å². The van der Waals surface area contributed by atoms with Crippen molar-refractivity contribution in [2.24, 2.45) is 5.10 Å². The number of carbonyl (C=O) groups is 2. The summed E-state index contributed by atoms with van der Waals surface area (Å²) in [4.78, 5) is 25.8. The molecule has 2 aromatic carbocycles. The molecule has 156 valence electrons. The number of fused-ring (bicyclic) bond motifs is 1. The van der Waals surface area contributed by atoms with E-state index in [1.807, 2.05) is 63.2 Å². The molecule has 7 heteroatoms. The molecule has 0 saturated carbocycles. The SMILES string of the molecule is CCOc1cc2c(cc1/C=N\N1C(=O)N[C@](CC)(c3ccccc3)C1=O)O[C@@H](C)C2. The Morgan fingerprint density at radius 1 is 1.27 bits per heavy atom.